The summed E-state index contributed by atoms with van der Waals surface area (Å²) in [6.07, 6.45) is 4.55. The van der Waals surface area contributed by atoms with Crippen LogP contribution in [0.1, 0.15) is 34.3 Å². The highest BCUT2D eigenvalue weighted by molar-refractivity contribution is 9.10. The minimum atomic E-state index is -0.615. The Bertz CT molecular complexity index is 1260. The number of para-hydroxylation sites is 1. The van der Waals surface area contributed by atoms with E-state index in [-0.39, 0.29) is 5.56 Å². The molecule has 0 radical (unpaired) electrons. The van der Waals surface area contributed by atoms with Crippen LogP contribution in [0, 0.1) is 0 Å². The second-order valence-electron chi connectivity index (χ2n) is 8.94. The van der Waals surface area contributed by atoms with Crippen molar-refractivity contribution in [3.05, 3.63) is 63.8 Å². The normalized spacial score (nSPS) is 16.3. The Morgan fingerprint density at radius 3 is 2.72 bits per heavy atom. The standard InChI is InChI=1S/C26H29BrN6O3/c1-35-23-13-16-6-9-33(18-7-10-36-11-8-18)15-17(16)12-22(23)31-26-29-14-19(24(28)34)25(32-26)30-21-5-3-2-4-20(21)27/h2-5,12-14,18H,6-11,15H2,1H3,(H2,28,34)(H2,29,30,31,32). The average molecular weight is 553 g/mol. The summed E-state index contributed by atoms with van der Waals surface area (Å²) >= 11 is 3.51. The van der Waals surface area contributed by atoms with Gasteiger partial charge >= 0.3 is 0 Å². The lowest BCUT2D eigenvalue weighted by Gasteiger charge is -2.37. The summed E-state index contributed by atoms with van der Waals surface area (Å²) in [5.41, 5.74) is 9.85. The van der Waals surface area contributed by atoms with Crippen molar-refractivity contribution in [1.82, 2.24) is 14.9 Å². The zero-order valence-corrected chi connectivity index (χ0v) is 21.7. The molecule has 10 heteroatoms. The summed E-state index contributed by atoms with van der Waals surface area (Å²) in [6, 6.07) is 12.3. The molecule has 1 saturated heterocycles. The smallest absolute Gasteiger partial charge is 0.254 e. The molecule has 0 saturated carbocycles. The summed E-state index contributed by atoms with van der Waals surface area (Å²) in [7, 11) is 1.65. The van der Waals surface area contributed by atoms with Crippen LogP contribution in [-0.2, 0) is 17.7 Å². The molecule has 9 nitrogen and oxygen atoms in total. The molecule has 36 heavy (non-hydrogen) atoms. The van der Waals surface area contributed by atoms with Crippen molar-refractivity contribution in [1.29, 1.82) is 0 Å². The molecule has 1 aromatic heterocycles. The third-order valence-corrected chi connectivity index (χ3v) is 7.39. The number of ether oxygens (including phenoxy) is 2. The number of anilines is 4. The molecular formula is C26H29BrN6O3. The molecule has 0 atom stereocenters. The van der Waals surface area contributed by atoms with Crippen LogP contribution in [0.25, 0.3) is 0 Å². The van der Waals surface area contributed by atoms with Crippen molar-refractivity contribution >= 4 is 45.0 Å². The molecule has 188 valence electrons. The molecule has 0 spiro atoms. The van der Waals surface area contributed by atoms with Gasteiger partial charge in [0.1, 0.15) is 17.1 Å². The van der Waals surface area contributed by atoms with Gasteiger partial charge in [-0.2, -0.15) is 4.98 Å². The molecule has 2 aliphatic rings. The van der Waals surface area contributed by atoms with Gasteiger partial charge in [-0.1, -0.05) is 12.1 Å². The Morgan fingerprint density at radius 1 is 1.17 bits per heavy atom. The minimum absolute atomic E-state index is 0.195. The van der Waals surface area contributed by atoms with Crippen LogP contribution >= 0.6 is 15.9 Å². The van der Waals surface area contributed by atoms with E-state index in [0.29, 0.717) is 17.8 Å². The van der Waals surface area contributed by atoms with Crippen molar-refractivity contribution in [2.45, 2.75) is 31.8 Å². The zero-order chi connectivity index (χ0) is 25.1. The molecular weight excluding hydrogens is 524 g/mol. The maximum absolute atomic E-state index is 12.0. The summed E-state index contributed by atoms with van der Waals surface area (Å²) in [6.45, 7) is 3.58. The number of rotatable bonds is 7. The predicted molar refractivity (Wildman–Crippen MR) is 142 cm³/mol. The van der Waals surface area contributed by atoms with Crippen LogP contribution in [0.3, 0.4) is 0 Å². The number of hydrogen-bond donors (Lipinski definition) is 3. The highest BCUT2D eigenvalue weighted by Gasteiger charge is 2.26. The zero-order valence-electron chi connectivity index (χ0n) is 20.1. The summed E-state index contributed by atoms with van der Waals surface area (Å²) in [4.78, 5) is 23.5. The molecule has 3 aromatic rings. The van der Waals surface area contributed by atoms with Crippen molar-refractivity contribution in [3.63, 3.8) is 0 Å². The highest BCUT2D eigenvalue weighted by Crippen LogP contribution is 2.35. The lowest BCUT2D eigenvalue weighted by molar-refractivity contribution is 0.0290. The maximum atomic E-state index is 12.0. The molecule has 1 amide bonds. The van der Waals surface area contributed by atoms with E-state index < -0.39 is 5.91 Å². The molecule has 0 bridgehead atoms. The van der Waals surface area contributed by atoms with E-state index in [2.05, 4.69) is 53.6 Å². The van der Waals surface area contributed by atoms with E-state index in [0.717, 1.165) is 67.2 Å². The number of fused-ring (bicyclic) bond motifs is 1. The van der Waals surface area contributed by atoms with Gasteiger partial charge in [-0.3, -0.25) is 9.69 Å². The third-order valence-electron chi connectivity index (χ3n) is 6.70. The van der Waals surface area contributed by atoms with Gasteiger partial charge in [-0.15, -0.1) is 0 Å². The van der Waals surface area contributed by atoms with E-state index >= 15 is 0 Å². The number of carbonyl (C=O) groups excluding carboxylic acids is 1. The van der Waals surface area contributed by atoms with Gasteiger partial charge < -0.3 is 25.8 Å². The first-order valence-corrected chi connectivity index (χ1v) is 12.8. The fourth-order valence-corrected chi connectivity index (χ4v) is 5.15. The number of nitrogens with zero attached hydrogens (tertiary/aromatic N) is 3. The second kappa shape index (κ2) is 10.8. The molecule has 0 aliphatic carbocycles. The number of carbonyl (C=O) groups is 1. The van der Waals surface area contributed by atoms with Crippen molar-refractivity contribution < 1.29 is 14.3 Å². The van der Waals surface area contributed by atoms with E-state index in [1.807, 2.05) is 24.3 Å². The Morgan fingerprint density at radius 2 is 1.97 bits per heavy atom. The Hall–Kier alpha value is -3.21. The number of hydrogen-bond acceptors (Lipinski definition) is 8. The number of benzene rings is 2. The minimum Gasteiger partial charge on any atom is -0.495 e. The first kappa shape index (κ1) is 24.5. The monoisotopic (exact) mass is 552 g/mol. The number of amides is 1. The first-order valence-electron chi connectivity index (χ1n) is 12.0. The van der Waals surface area contributed by atoms with Crippen LogP contribution < -0.4 is 21.1 Å². The van der Waals surface area contributed by atoms with Gasteiger partial charge in [0.2, 0.25) is 5.95 Å². The van der Waals surface area contributed by atoms with Crippen molar-refractivity contribution in [2.75, 3.05) is 37.5 Å². The van der Waals surface area contributed by atoms with E-state index in [4.69, 9.17) is 15.2 Å². The molecule has 0 unspecified atom stereocenters. The summed E-state index contributed by atoms with van der Waals surface area (Å²) in [5.74, 6) is 0.742. The third kappa shape index (κ3) is 5.30. The van der Waals surface area contributed by atoms with Gasteiger partial charge in [0, 0.05) is 43.0 Å². The van der Waals surface area contributed by atoms with Crippen LogP contribution in [0.2, 0.25) is 0 Å². The molecule has 2 aliphatic heterocycles. The molecule has 5 rings (SSSR count). The lowest BCUT2D eigenvalue weighted by atomic mass is 9.95. The van der Waals surface area contributed by atoms with Crippen molar-refractivity contribution in [3.8, 4) is 5.75 Å². The van der Waals surface area contributed by atoms with Gasteiger partial charge in [-0.05, 0) is 70.6 Å². The van der Waals surface area contributed by atoms with Crippen LogP contribution in [-0.4, -0.2) is 53.7 Å². The molecule has 1 fully saturated rings. The molecule has 3 heterocycles. The number of primary amides is 1. The Labute approximate surface area is 218 Å². The number of halogens is 1. The Kier molecular flexibility index (Phi) is 7.35. The maximum Gasteiger partial charge on any atom is 0.254 e. The number of aromatic nitrogens is 2. The average Bonchev–Trinajstić information content (AvgIpc) is 2.90. The van der Waals surface area contributed by atoms with Crippen LogP contribution in [0.5, 0.6) is 5.75 Å². The van der Waals surface area contributed by atoms with E-state index in [9.17, 15) is 4.79 Å². The van der Waals surface area contributed by atoms with Crippen LogP contribution in [0.15, 0.2) is 47.1 Å². The fourth-order valence-electron chi connectivity index (χ4n) is 4.77. The second-order valence-corrected chi connectivity index (χ2v) is 9.79. The van der Waals surface area contributed by atoms with Gasteiger partial charge in [-0.25, -0.2) is 4.98 Å². The van der Waals surface area contributed by atoms with Gasteiger partial charge in [0.25, 0.3) is 5.91 Å². The first-order chi connectivity index (χ1) is 17.5. The quantitative estimate of drug-likeness (QED) is 0.395. The van der Waals surface area contributed by atoms with E-state index in [1.165, 1.54) is 17.3 Å². The SMILES string of the molecule is COc1cc2c(cc1Nc1ncc(C(N)=O)c(Nc3ccccc3Br)n1)CN(C1CCOCC1)CC2. The number of nitrogens with two attached hydrogens (primary N) is 1. The summed E-state index contributed by atoms with van der Waals surface area (Å²) < 4.78 is 12.1. The van der Waals surface area contributed by atoms with Gasteiger partial charge in [0.05, 0.1) is 18.5 Å². The predicted octanol–water partition coefficient (Wildman–Crippen LogP) is 4.37. The topological polar surface area (TPSA) is 115 Å². The highest BCUT2D eigenvalue weighted by atomic mass is 79.9. The lowest BCUT2D eigenvalue weighted by Crippen LogP contribution is -2.42. The fraction of sp³-hybridized carbons (Fsp3) is 0.346. The molecule has 2 aromatic carbocycles. The largest absolute Gasteiger partial charge is 0.495 e. The molecule has 4 N–H and O–H groups in total. The summed E-state index contributed by atoms with van der Waals surface area (Å²) in [5, 5.41) is 6.47. The number of methoxy groups -OCH3 is 1. The van der Waals surface area contributed by atoms with Gasteiger partial charge in [0.15, 0.2) is 0 Å². The Balaban J connectivity index is 1.42. The van der Waals surface area contributed by atoms with E-state index in [1.54, 1.807) is 7.11 Å². The van der Waals surface area contributed by atoms with Crippen molar-refractivity contribution in [2.24, 2.45) is 5.73 Å². The number of nitrogens with one attached hydrogen (secondary N) is 2. The van der Waals surface area contributed by atoms with Crippen LogP contribution in [0.4, 0.5) is 23.1 Å².